The number of hydrogen-bond donors (Lipinski definition) is 1. The van der Waals surface area contributed by atoms with Crippen LogP contribution in [0.5, 0.6) is 0 Å². The van der Waals surface area contributed by atoms with Crippen LogP contribution in [0.4, 0.5) is 0 Å². The molecule has 0 aromatic carbocycles. The van der Waals surface area contributed by atoms with Crippen molar-refractivity contribution in [2.45, 2.75) is 38.3 Å². The first-order chi connectivity index (χ1) is 9.86. The zero-order valence-electron chi connectivity index (χ0n) is 11.5. The number of piperidine rings is 1. The molecule has 1 aliphatic heterocycles. The van der Waals surface area contributed by atoms with Crippen molar-refractivity contribution in [3.05, 3.63) is 30.2 Å². The van der Waals surface area contributed by atoms with Gasteiger partial charge in [-0.05, 0) is 37.9 Å². The molecule has 1 aliphatic rings. The van der Waals surface area contributed by atoms with E-state index in [9.17, 15) is 0 Å². The maximum atomic E-state index is 9.16. The molecule has 1 saturated heterocycles. The monoisotopic (exact) mass is 276 g/mol. The maximum Gasteiger partial charge on any atom is 0.202 e. The molecular formula is C15H20N2O3. The Kier molecular flexibility index (Phi) is 4.18. The highest BCUT2D eigenvalue weighted by Gasteiger charge is 2.23. The van der Waals surface area contributed by atoms with Crippen LogP contribution in [-0.2, 0) is 6.54 Å². The fraction of sp³-hybridized carbons (Fsp3) is 0.533. The molecule has 2 aromatic rings. The average Bonchev–Trinajstić information content (AvgIpc) is 3.12. The third kappa shape index (κ3) is 2.94. The fourth-order valence-electron chi connectivity index (χ4n) is 2.87. The number of aliphatic hydroxyl groups is 1. The van der Waals surface area contributed by atoms with E-state index in [1.54, 1.807) is 6.26 Å². The van der Waals surface area contributed by atoms with E-state index in [-0.39, 0.29) is 6.61 Å². The number of rotatable bonds is 5. The summed E-state index contributed by atoms with van der Waals surface area (Å²) in [6.45, 7) is 2.08. The minimum absolute atomic E-state index is 0.248. The minimum atomic E-state index is 0.248. The molecule has 2 aromatic heterocycles. The highest BCUT2D eigenvalue weighted by molar-refractivity contribution is 5.49. The Morgan fingerprint density at radius 3 is 3.10 bits per heavy atom. The molecule has 5 heteroatoms. The smallest absolute Gasteiger partial charge is 0.202 e. The summed E-state index contributed by atoms with van der Waals surface area (Å²) in [5, 5.41) is 13.3. The highest BCUT2D eigenvalue weighted by Crippen LogP contribution is 2.24. The van der Waals surface area contributed by atoms with Gasteiger partial charge in [-0.15, -0.1) is 0 Å². The molecule has 0 radical (unpaired) electrons. The Morgan fingerprint density at radius 2 is 2.30 bits per heavy atom. The highest BCUT2D eigenvalue weighted by atomic mass is 16.5. The zero-order chi connectivity index (χ0) is 13.8. The van der Waals surface area contributed by atoms with Crippen molar-refractivity contribution < 1.29 is 14.0 Å². The lowest BCUT2D eigenvalue weighted by Crippen LogP contribution is -2.39. The van der Waals surface area contributed by atoms with Crippen LogP contribution >= 0.6 is 0 Å². The van der Waals surface area contributed by atoms with Crippen molar-refractivity contribution >= 4 is 0 Å². The van der Waals surface area contributed by atoms with Gasteiger partial charge in [-0.2, -0.15) is 0 Å². The van der Waals surface area contributed by atoms with E-state index in [1.807, 2.05) is 18.2 Å². The van der Waals surface area contributed by atoms with Gasteiger partial charge in [0, 0.05) is 25.3 Å². The fourth-order valence-corrected chi connectivity index (χ4v) is 2.87. The molecule has 0 spiro atoms. The Morgan fingerprint density at radius 1 is 1.35 bits per heavy atom. The molecule has 5 nitrogen and oxygen atoms in total. The van der Waals surface area contributed by atoms with E-state index in [0.717, 1.165) is 31.6 Å². The largest absolute Gasteiger partial charge is 0.461 e. The van der Waals surface area contributed by atoms with Crippen molar-refractivity contribution in [3.63, 3.8) is 0 Å². The molecule has 20 heavy (non-hydrogen) atoms. The van der Waals surface area contributed by atoms with Crippen molar-refractivity contribution in [1.82, 2.24) is 10.1 Å². The number of hydrogen-bond acceptors (Lipinski definition) is 5. The van der Waals surface area contributed by atoms with Crippen molar-refractivity contribution in [2.75, 3.05) is 13.2 Å². The lowest BCUT2D eigenvalue weighted by molar-refractivity contribution is 0.110. The van der Waals surface area contributed by atoms with E-state index < -0.39 is 0 Å². The van der Waals surface area contributed by atoms with Crippen LogP contribution in [0.2, 0.25) is 0 Å². The van der Waals surface area contributed by atoms with Crippen LogP contribution in [0.1, 0.15) is 31.4 Å². The van der Waals surface area contributed by atoms with E-state index >= 15 is 0 Å². The predicted molar refractivity (Wildman–Crippen MR) is 74.0 cm³/mol. The Labute approximate surface area is 118 Å². The third-order valence-electron chi connectivity index (χ3n) is 3.90. The van der Waals surface area contributed by atoms with Gasteiger partial charge in [0.05, 0.1) is 12.0 Å². The van der Waals surface area contributed by atoms with Gasteiger partial charge < -0.3 is 14.0 Å². The zero-order valence-corrected chi connectivity index (χ0v) is 11.5. The summed E-state index contributed by atoms with van der Waals surface area (Å²) in [4.78, 5) is 2.39. The van der Waals surface area contributed by atoms with Gasteiger partial charge in [0.15, 0.2) is 5.76 Å². The maximum absolute atomic E-state index is 9.16. The molecule has 3 heterocycles. The van der Waals surface area contributed by atoms with E-state index in [4.69, 9.17) is 14.0 Å². The summed E-state index contributed by atoms with van der Waals surface area (Å²) in [6, 6.07) is 6.08. The van der Waals surface area contributed by atoms with Gasteiger partial charge in [-0.1, -0.05) is 11.6 Å². The second kappa shape index (κ2) is 6.24. The third-order valence-corrected chi connectivity index (χ3v) is 3.90. The molecular weight excluding hydrogens is 256 g/mol. The number of aliphatic hydroxyl groups excluding tert-OH is 1. The van der Waals surface area contributed by atoms with Crippen LogP contribution in [0.25, 0.3) is 11.5 Å². The number of furan rings is 1. The molecule has 108 valence electrons. The SMILES string of the molecule is OCCC1CCCCN1Cc1cc(-c2ccco2)on1. The standard InChI is InChI=1S/C15H20N2O3/c18-8-6-13-4-1-2-7-17(13)11-12-10-15(20-16-12)14-5-3-9-19-14/h3,5,9-10,13,18H,1-2,4,6-8,11H2. The van der Waals surface area contributed by atoms with Crippen LogP contribution < -0.4 is 0 Å². The second-order valence-electron chi connectivity index (χ2n) is 5.29. The van der Waals surface area contributed by atoms with Crippen molar-refractivity contribution in [1.29, 1.82) is 0 Å². The lowest BCUT2D eigenvalue weighted by atomic mass is 9.99. The summed E-state index contributed by atoms with van der Waals surface area (Å²) in [6.07, 6.45) is 6.08. The second-order valence-corrected chi connectivity index (χ2v) is 5.29. The summed E-state index contributed by atoms with van der Waals surface area (Å²) in [5.41, 5.74) is 0.918. The van der Waals surface area contributed by atoms with Gasteiger partial charge in [0.25, 0.3) is 0 Å². The normalized spacial score (nSPS) is 20.4. The summed E-state index contributed by atoms with van der Waals surface area (Å²) < 4.78 is 10.6. The van der Waals surface area contributed by atoms with Gasteiger partial charge >= 0.3 is 0 Å². The molecule has 1 unspecified atom stereocenters. The first-order valence-electron chi connectivity index (χ1n) is 7.21. The minimum Gasteiger partial charge on any atom is -0.461 e. The predicted octanol–water partition coefficient (Wildman–Crippen LogP) is 2.67. The molecule has 0 bridgehead atoms. The van der Waals surface area contributed by atoms with E-state index in [0.29, 0.717) is 17.6 Å². The lowest BCUT2D eigenvalue weighted by Gasteiger charge is -2.34. The summed E-state index contributed by atoms with van der Waals surface area (Å²) in [5.74, 6) is 1.37. The first-order valence-corrected chi connectivity index (χ1v) is 7.21. The molecule has 1 fully saturated rings. The van der Waals surface area contributed by atoms with Crippen molar-refractivity contribution in [3.8, 4) is 11.5 Å². The van der Waals surface area contributed by atoms with Gasteiger partial charge in [-0.25, -0.2) is 0 Å². The molecule has 0 saturated carbocycles. The summed E-state index contributed by atoms with van der Waals surface area (Å²) in [7, 11) is 0. The molecule has 0 aliphatic carbocycles. The summed E-state index contributed by atoms with van der Waals surface area (Å²) >= 11 is 0. The number of likely N-dealkylation sites (tertiary alicyclic amines) is 1. The van der Waals surface area contributed by atoms with E-state index in [2.05, 4.69) is 10.1 Å². The van der Waals surface area contributed by atoms with Gasteiger partial charge in [0.1, 0.15) is 0 Å². The van der Waals surface area contributed by atoms with Crippen LogP contribution in [-0.4, -0.2) is 34.4 Å². The Hall–Kier alpha value is -1.59. The van der Waals surface area contributed by atoms with Crippen molar-refractivity contribution in [2.24, 2.45) is 0 Å². The number of aromatic nitrogens is 1. The van der Waals surface area contributed by atoms with Gasteiger partial charge in [-0.3, -0.25) is 4.90 Å². The Bertz CT molecular complexity index is 519. The number of nitrogens with zero attached hydrogens (tertiary/aromatic N) is 2. The molecule has 1 N–H and O–H groups in total. The topological polar surface area (TPSA) is 62.6 Å². The molecule has 0 amide bonds. The van der Waals surface area contributed by atoms with Gasteiger partial charge in [0.2, 0.25) is 5.76 Å². The average molecular weight is 276 g/mol. The van der Waals surface area contributed by atoms with Crippen LogP contribution in [0.15, 0.2) is 33.4 Å². The van der Waals surface area contributed by atoms with E-state index in [1.165, 1.54) is 12.8 Å². The van der Waals surface area contributed by atoms with Crippen LogP contribution in [0.3, 0.4) is 0 Å². The molecule has 1 atom stereocenters. The quantitative estimate of drug-likeness (QED) is 0.909. The first kappa shape index (κ1) is 13.4. The molecule has 3 rings (SSSR count). The van der Waals surface area contributed by atoms with Crippen LogP contribution in [0, 0.1) is 0 Å². The Balaban J connectivity index is 1.67.